The molecule has 4 nitrogen and oxygen atoms in total. The van der Waals surface area contributed by atoms with Crippen LogP contribution in [0.5, 0.6) is 0 Å². The monoisotopic (exact) mass is 292 g/mol. The number of nitrogens with zero attached hydrogens (tertiary/aromatic N) is 2. The van der Waals surface area contributed by atoms with Crippen molar-refractivity contribution in [3.63, 3.8) is 0 Å². The number of alkyl halides is 3. The van der Waals surface area contributed by atoms with E-state index >= 15 is 0 Å². The maximum absolute atomic E-state index is 12.2. The lowest BCUT2D eigenvalue weighted by Gasteiger charge is -2.09. The van der Waals surface area contributed by atoms with Crippen molar-refractivity contribution < 1.29 is 13.2 Å². The predicted octanol–water partition coefficient (Wildman–Crippen LogP) is 3.16. The fourth-order valence-corrected chi connectivity index (χ4v) is 0.902. The third kappa shape index (κ3) is 8.68. The Hall–Kier alpha value is -1.37. The largest absolute Gasteiger partial charge is 0.451 e. The van der Waals surface area contributed by atoms with E-state index in [-0.39, 0.29) is 5.82 Å². The summed E-state index contributed by atoms with van der Waals surface area (Å²) in [6, 6.07) is 1.41. The summed E-state index contributed by atoms with van der Waals surface area (Å²) in [5.74, 6) is 0.0894. The van der Waals surface area contributed by atoms with E-state index < -0.39 is 12.0 Å². The van der Waals surface area contributed by atoms with Crippen LogP contribution in [0.4, 0.5) is 19.0 Å². The predicted molar refractivity (Wildman–Crippen MR) is 74.3 cm³/mol. The molecule has 0 saturated carbocycles. The van der Waals surface area contributed by atoms with Gasteiger partial charge >= 0.3 is 6.18 Å². The SMILES string of the molecule is CC(C)CN.CC(C)CNc1ccnc(C(F)(F)F)n1. The zero-order valence-electron chi connectivity index (χ0n) is 12.3. The topological polar surface area (TPSA) is 63.8 Å². The maximum atomic E-state index is 12.2. The minimum atomic E-state index is -4.49. The van der Waals surface area contributed by atoms with Gasteiger partial charge in [0.25, 0.3) is 0 Å². The van der Waals surface area contributed by atoms with Crippen molar-refractivity contribution in [1.29, 1.82) is 0 Å². The molecule has 0 aromatic carbocycles. The van der Waals surface area contributed by atoms with Crippen molar-refractivity contribution in [2.24, 2.45) is 17.6 Å². The van der Waals surface area contributed by atoms with Crippen LogP contribution in [0.15, 0.2) is 12.3 Å². The minimum absolute atomic E-state index is 0.200. The number of halogens is 3. The molecule has 7 heteroatoms. The van der Waals surface area contributed by atoms with Crippen molar-refractivity contribution in [3.8, 4) is 0 Å². The molecular weight excluding hydrogens is 269 g/mol. The molecule has 0 spiro atoms. The number of nitrogens with two attached hydrogens (primary N) is 1. The Morgan fingerprint density at radius 2 is 1.75 bits per heavy atom. The van der Waals surface area contributed by atoms with Crippen LogP contribution in [0.3, 0.4) is 0 Å². The average Bonchev–Trinajstić information content (AvgIpc) is 2.36. The van der Waals surface area contributed by atoms with Crippen molar-refractivity contribution >= 4 is 5.82 Å². The quantitative estimate of drug-likeness (QED) is 0.894. The Labute approximate surface area is 118 Å². The molecule has 0 amide bonds. The van der Waals surface area contributed by atoms with Crippen LogP contribution in [-0.4, -0.2) is 23.1 Å². The second kappa shape index (κ2) is 8.73. The average molecular weight is 292 g/mol. The molecule has 1 aromatic heterocycles. The van der Waals surface area contributed by atoms with E-state index in [1.165, 1.54) is 6.07 Å². The summed E-state index contributed by atoms with van der Waals surface area (Å²) in [7, 11) is 0. The standard InChI is InChI=1S/C9H12F3N3.C4H11N/c1-6(2)5-14-7-3-4-13-8(15-7)9(10,11)12;1-4(2)3-5/h3-4,6H,5H2,1-2H3,(H,13,14,15);4H,3,5H2,1-2H3. The zero-order valence-corrected chi connectivity index (χ0v) is 12.3. The Morgan fingerprint density at radius 3 is 2.15 bits per heavy atom. The number of hydrogen-bond donors (Lipinski definition) is 2. The van der Waals surface area contributed by atoms with Crippen molar-refractivity contribution in [2.75, 3.05) is 18.4 Å². The first-order valence-corrected chi connectivity index (χ1v) is 6.51. The van der Waals surface area contributed by atoms with Gasteiger partial charge in [-0.15, -0.1) is 0 Å². The van der Waals surface area contributed by atoms with Crippen LogP contribution in [0, 0.1) is 11.8 Å². The molecule has 0 aliphatic heterocycles. The Morgan fingerprint density at radius 1 is 1.20 bits per heavy atom. The van der Waals surface area contributed by atoms with Gasteiger partial charge in [0.05, 0.1) is 0 Å². The van der Waals surface area contributed by atoms with Crippen molar-refractivity contribution in [1.82, 2.24) is 9.97 Å². The molecule has 1 rings (SSSR count). The molecule has 3 N–H and O–H groups in total. The number of hydrogen-bond acceptors (Lipinski definition) is 4. The van der Waals surface area contributed by atoms with Crippen molar-refractivity contribution in [3.05, 3.63) is 18.1 Å². The molecule has 0 unspecified atom stereocenters. The van der Waals surface area contributed by atoms with Crippen LogP contribution in [-0.2, 0) is 6.18 Å². The number of nitrogens with one attached hydrogen (secondary N) is 1. The smallest absolute Gasteiger partial charge is 0.370 e. The van der Waals surface area contributed by atoms with Gasteiger partial charge in [0.15, 0.2) is 0 Å². The molecule has 116 valence electrons. The van der Waals surface area contributed by atoms with E-state index in [1.54, 1.807) is 0 Å². The van der Waals surface area contributed by atoms with E-state index in [9.17, 15) is 13.2 Å². The van der Waals surface area contributed by atoms with Crippen LogP contribution in [0.1, 0.15) is 33.5 Å². The van der Waals surface area contributed by atoms with Gasteiger partial charge in [-0.25, -0.2) is 9.97 Å². The summed E-state index contributed by atoms with van der Waals surface area (Å²) in [5, 5.41) is 2.81. The third-order valence-corrected chi connectivity index (χ3v) is 2.07. The highest BCUT2D eigenvalue weighted by Gasteiger charge is 2.34. The van der Waals surface area contributed by atoms with Crippen molar-refractivity contribution in [2.45, 2.75) is 33.9 Å². The molecule has 0 aliphatic carbocycles. The fraction of sp³-hybridized carbons (Fsp3) is 0.692. The Bertz CT molecular complexity index is 378. The summed E-state index contributed by atoms with van der Waals surface area (Å²) in [6.07, 6.45) is -3.39. The fourth-order valence-electron chi connectivity index (χ4n) is 0.902. The Balaban J connectivity index is 0.000000621. The van der Waals surface area contributed by atoms with Crippen LogP contribution < -0.4 is 11.1 Å². The number of rotatable bonds is 4. The third-order valence-electron chi connectivity index (χ3n) is 2.07. The van der Waals surface area contributed by atoms with Gasteiger partial charge in [-0.3, -0.25) is 0 Å². The second-order valence-electron chi connectivity index (χ2n) is 5.17. The summed E-state index contributed by atoms with van der Waals surface area (Å²) in [4.78, 5) is 6.53. The normalized spacial score (nSPS) is 11.3. The molecule has 20 heavy (non-hydrogen) atoms. The van der Waals surface area contributed by atoms with E-state index in [4.69, 9.17) is 5.73 Å². The highest BCUT2D eigenvalue weighted by atomic mass is 19.4. The van der Waals surface area contributed by atoms with Gasteiger partial charge < -0.3 is 11.1 Å². The summed E-state index contributed by atoms with van der Waals surface area (Å²) in [6.45, 7) is 9.49. The highest BCUT2D eigenvalue weighted by Crippen LogP contribution is 2.26. The van der Waals surface area contributed by atoms with Crippen LogP contribution >= 0.6 is 0 Å². The lowest BCUT2D eigenvalue weighted by Crippen LogP contribution is -2.14. The minimum Gasteiger partial charge on any atom is -0.370 e. The summed E-state index contributed by atoms with van der Waals surface area (Å²) < 4.78 is 36.6. The van der Waals surface area contributed by atoms with Gasteiger partial charge in [0.1, 0.15) is 5.82 Å². The lowest BCUT2D eigenvalue weighted by atomic mass is 10.2. The molecule has 0 bridgehead atoms. The van der Waals surface area contributed by atoms with Gasteiger partial charge in [-0.1, -0.05) is 27.7 Å². The van der Waals surface area contributed by atoms with Gasteiger partial charge in [-0.05, 0) is 24.4 Å². The highest BCUT2D eigenvalue weighted by molar-refractivity contribution is 5.33. The van der Waals surface area contributed by atoms with Gasteiger partial charge in [-0.2, -0.15) is 13.2 Å². The molecule has 0 aliphatic rings. The summed E-state index contributed by atoms with van der Waals surface area (Å²) in [5.41, 5.74) is 5.17. The molecule has 0 atom stereocenters. The lowest BCUT2D eigenvalue weighted by molar-refractivity contribution is -0.144. The number of aromatic nitrogens is 2. The molecule has 0 radical (unpaired) electrons. The number of anilines is 1. The van der Waals surface area contributed by atoms with Crippen LogP contribution in [0.25, 0.3) is 0 Å². The van der Waals surface area contributed by atoms with Crippen LogP contribution in [0.2, 0.25) is 0 Å². The molecule has 0 saturated heterocycles. The molecular formula is C13H23F3N4. The summed E-state index contributed by atoms with van der Waals surface area (Å²) >= 11 is 0. The molecule has 1 heterocycles. The second-order valence-corrected chi connectivity index (χ2v) is 5.17. The maximum Gasteiger partial charge on any atom is 0.451 e. The van der Waals surface area contributed by atoms with Gasteiger partial charge in [0.2, 0.25) is 5.82 Å². The first-order chi connectivity index (χ1) is 9.16. The van der Waals surface area contributed by atoms with E-state index in [2.05, 4.69) is 29.1 Å². The molecule has 1 aromatic rings. The van der Waals surface area contributed by atoms with E-state index in [1.807, 2.05) is 13.8 Å². The first kappa shape index (κ1) is 18.6. The van der Waals surface area contributed by atoms with Gasteiger partial charge in [0, 0.05) is 12.7 Å². The van der Waals surface area contributed by atoms with E-state index in [0.29, 0.717) is 18.4 Å². The first-order valence-electron chi connectivity index (χ1n) is 6.51. The van der Waals surface area contributed by atoms with E-state index in [0.717, 1.165) is 12.7 Å². The zero-order chi connectivity index (χ0) is 15.8. The Kier molecular flexibility index (Phi) is 8.13. The molecule has 0 fully saturated rings.